The number of rotatable bonds is 3. The summed E-state index contributed by atoms with van der Waals surface area (Å²) >= 11 is 2.17. The number of nitrogens with zero attached hydrogens (tertiary/aromatic N) is 1. The maximum Gasteiger partial charge on any atom is 0.107 e. The van der Waals surface area contributed by atoms with Crippen LogP contribution in [0, 0.1) is 17.2 Å². The Balaban J connectivity index is 1.83. The van der Waals surface area contributed by atoms with E-state index in [0.29, 0.717) is 5.25 Å². The Hall–Kier alpha value is -0.200. The maximum absolute atomic E-state index is 9.26. The molecule has 2 rings (SSSR count). The van der Waals surface area contributed by atoms with Gasteiger partial charge in [-0.3, -0.25) is 0 Å². The lowest BCUT2D eigenvalue weighted by Crippen LogP contribution is -2.38. The normalized spacial score (nSPS) is 42.3. The Morgan fingerprint density at radius 1 is 1.29 bits per heavy atom. The second kappa shape index (κ2) is 5.63. The molecule has 2 aliphatic carbocycles. The van der Waals surface area contributed by atoms with Crippen LogP contribution >= 0.6 is 11.8 Å². The zero-order chi connectivity index (χ0) is 12.3. The average Bonchev–Trinajstić information content (AvgIpc) is 2.73. The standard InChI is InChI=1S/C14H24N2S/c1-11-4-3-5-12(8-11)17-13-6-7-14(9-13,10-15)16-2/h11-13,16H,3-9H2,1-2H3. The van der Waals surface area contributed by atoms with Crippen LogP contribution in [0.25, 0.3) is 0 Å². The first-order valence-electron chi connectivity index (χ1n) is 6.93. The van der Waals surface area contributed by atoms with Gasteiger partial charge in [0, 0.05) is 10.5 Å². The monoisotopic (exact) mass is 252 g/mol. The molecule has 0 aromatic carbocycles. The van der Waals surface area contributed by atoms with Gasteiger partial charge >= 0.3 is 0 Å². The van der Waals surface area contributed by atoms with Crippen LogP contribution in [-0.2, 0) is 0 Å². The SMILES string of the molecule is CNC1(C#N)CCC(SC2CCCC(C)C2)C1. The summed E-state index contributed by atoms with van der Waals surface area (Å²) in [5.41, 5.74) is -0.224. The molecule has 2 saturated carbocycles. The van der Waals surface area contributed by atoms with E-state index in [2.05, 4.69) is 30.1 Å². The van der Waals surface area contributed by atoms with Crippen molar-refractivity contribution >= 4 is 11.8 Å². The van der Waals surface area contributed by atoms with Crippen molar-refractivity contribution in [1.82, 2.24) is 5.32 Å². The van der Waals surface area contributed by atoms with Crippen molar-refractivity contribution < 1.29 is 0 Å². The summed E-state index contributed by atoms with van der Waals surface area (Å²) in [5.74, 6) is 0.910. The molecule has 3 heteroatoms. The summed E-state index contributed by atoms with van der Waals surface area (Å²) in [7, 11) is 1.93. The van der Waals surface area contributed by atoms with E-state index >= 15 is 0 Å². The highest BCUT2D eigenvalue weighted by atomic mass is 32.2. The fraction of sp³-hybridized carbons (Fsp3) is 0.929. The summed E-state index contributed by atoms with van der Waals surface area (Å²) in [5, 5.41) is 14.1. The lowest BCUT2D eigenvalue weighted by atomic mass is 9.91. The van der Waals surface area contributed by atoms with E-state index in [1.165, 1.54) is 32.1 Å². The van der Waals surface area contributed by atoms with E-state index < -0.39 is 0 Å². The van der Waals surface area contributed by atoms with Crippen molar-refractivity contribution in [3.05, 3.63) is 0 Å². The van der Waals surface area contributed by atoms with Gasteiger partial charge in [-0.05, 0) is 45.1 Å². The lowest BCUT2D eigenvalue weighted by Gasteiger charge is -2.28. The average molecular weight is 252 g/mol. The van der Waals surface area contributed by atoms with Gasteiger partial charge in [-0.15, -0.1) is 0 Å². The minimum absolute atomic E-state index is 0.224. The maximum atomic E-state index is 9.26. The van der Waals surface area contributed by atoms with Gasteiger partial charge in [-0.1, -0.05) is 19.8 Å². The number of thioether (sulfide) groups is 1. The minimum atomic E-state index is -0.224. The first-order chi connectivity index (χ1) is 8.17. The molecule has 2 aliphatic rings. The molecule has 0 aromatic rings. The van der Waals surface area contributed by atoms with E-state index in [4.69, 9.17) is 0 Å². The molecule has 0 amide bonds. The zero-order valence-electron chi connectivity index (χ0n) is 11.0. The summed E-state index contributed by atoms with van der Waals surface area (Å²) in [6.45, 7) is 2.38. The molecule has 0 aromatic heterocycles. The molecule has 0 saturated heterocycles. The number of hydrogen-bond acceptors (Lipinski definition) is 3. The molecule has 17 heavy (non-hydrogen) atoms. The molecular weight excluding hydrogens is 228 g/mol. The second-order valence-corrected chi connectivity index (χ2v) is 7.44. The summed E-state index contributed by atoms with van der Waals surface area (Å²) in [4.78, 5) is 0. The molecule has 2 nitrogen and oxygen atoms in total. The fourth-order valence-corrected chi connectivity index (χ4v) is 5.20. The van der Waals surface area contributed by atoms with Gasteiger partial charge in [0.15, 0.2) is 0 Å². The van der Waals surface area contributed by atoms with Crippen molar-refractivity contribution in [2.24, 2.45) is 5.92 Å². The molecule has 4 atom stereocenters. The highest BCUT2D eigenvalue weighted by Crippen LogP contribution is 2.42. The number of nitriles is 1. The summed E-state index contributed by atoms with van der Waals surface area (Å²) < 4.78 is 0. The Bertz CT molecular complexity index is 299. The van der Waals surface area contributed by atoms with Gasteiger partial charge in [0.2, 0.25) is 0 Å². The van der Waals surface area contributed by atoms with Gasteiger partial charge in [-0.2, -0.15) is 17.0 Å². The van der Waals surface area contributed by atoms with E-state index in [1.54, 1.807) is 0 Å². The summed E-state index contributed by atoms with van der Waals surface area (Å²) in [6, 6.07) is 2.48. The predicted octanol–water partition coefficient (Wildman–Crippen LogP) is 3.33. The van der Waals surface area contributed by atoms with Gasteiger partial charge in [0.05, 0.1) is 6.07 Å². The van der Waals surface area contributed by atoms with Crippen LogP contribution in [0.2, 0.25) is 0 Å². The molecule has 0 radical (unpaired) electrons. The smallest absolute Gasteiger partial charge is 0.107 e. The molecular formula is C14H24N2S. The van der Waals surface area contributed by atoms with E-state index in [-0.39, 0.29) is 5.54 Å². The highest BCUT2D eigenvalue weighted by molar-refractivity contribution is 8.00. The summed E-state index contributed by atoms with van der Waals surface area (Å²) in [6.07, 6.45) is 8.88. The van der Waals surface area contributed by atoms with Gasteiger partial charge in [-0.25, -0.2) is 0 Å². The molecule has 96 valence electrons. The highest BCUT2D eigenvalue weighted by Gasteiger charge is 2.39. The molecule has 4 unspecified atom stereocenters. The third-order valence-corrected chi connectivity index (χ3v) is 6.04. The lowest BCUT2D eigenvalue weighted by molar-refractivity contribution is 0.393. The van der Waals surface area contributed by atoms with Crippen molar-refractivity contribution in [2.45, 2.75) is 67.9 Å². The van der Waals surface area contributed by atoms with Gasteiger partial charge in [0.1, 0.15) is 5.54 Å². The molecule has 0 aliphatic heterocycles. The van der Waals surface area contributed by atoms with Crippen LogP contribution in [0.1, 0.15) is 51.9 Å². The van der Waals surface area contributed by atoms with Crippen LogP contribution in [0.4, 0.5) is 0 Å². The topological polar surface area (TPSA) is 35.8 Å². The molecule has 2 fully saturated rings. The van der Waals surface area contributed by atoms with Crippen molar-refractivity contribution in [2.75, 3.05) is 7.05 Å². The van der Waals surface area contributed by atoms with Crippen LogP contribution in [0.15, 0.2) is 0 Å². The van der Waals surface area contributed by atoms with E-state index in [0.717, 1.165) is 24.0 Å². The Kier molecular flexibility index (Phi) is 4.38. The molecule has 0 spiro atoms. The van der Waals surface area contributed by atoms with E-state index in [1.807, 2.05) is 7.05 Å². The van der Waals surface area contributed by atoms with Crippen LogP contribution in [0.3, 0.4) is 0 Å². The first kappa shape index (κ1) is 13.2. The minimum Gasteiger partial charge on any atom is -0.302 e. The first-order valence-corrected chi connectivity index (χ1v) is 7.87. The third kappa shape index (κ3) is 3.17. The van der Waals surface area contributed by atoms with Gasteiger partial charge in [0.25, 0.3) is 0 Å². The molecule has 1 N–H and O–H groups in total. The third-order valence-electron chi connectivity index (χ3n) is 4.43. The largest absolute Gasteiger partial charge is 0.302 e. The van der Waals surface area contributed by atoms with Crippen molar-refractivity contribution in [1.29, 1.82) is 5.26 Å². The van der Waals surface area contributed by atoms with Crippen LogP contribution in [0.5, 0.6) is 0 Å². The number of nitrogens with one attached hydrogen (secondary N) is 1. The Labute approximate surface area is 110 Å². The second-order valence-electron chi connectivity index (χ2n) is 5.84. The van der Waals surface area contributed by atoms with Crippen LogP contribution in [-0.4, -0.2) is 23.1 Å². The number of hydrogen-bond donors (Lipinski definition) is 1. The Morgan fingerprint density at radius 3 is 2.71 bits per heavy atom. The quantitative estimate of drug-likeness (QED) is 0.837. The van der Waals surface area contributed by atoms with Crippen LogP contribution < -0.4 is 5.32 Å². The fourth-order valence-electron chi connectivity index (χ4n) is 3.28. The Morgan fingerprint density at radius 2 is 2.12 bits per heavy atom. The predicted molar refractivity (Wildman–Crippen MR) is 74.1 cm³/mol. The van der Waals surface area contributed by atoms with E-state index in [9.17, 15) is 5.26 Å². The van der Waals surface area contributed by atoms with Crippen molar-refractivity contribution in [3.63, 3.8) is 0 Å². The molecule has 0 heterocycles. The van der Waals surface area contributed by atoms with Gasteiger partial charge < -0.3 is 5.32 Å². The zero-order valence-corrected chi connectivity index (χ0v) is 11.9. The van der Waals surface area contributed by atoms with Crippen molar-refractivity contribution in [3.8, 4) is 6.07 Å². The molecule has 0 bridgehead atoms.